The minimum Gasteiger partial charge on any atom is -0.508 e. The fraction of sp³-hybridized carbons (Fsp3) is 0.424. The smallest absolute Gasteiger partial charge is 0.303 e. The van der Waals surface area contributed by atoms with E-state index in [1.807, 2.05) is 6.08 Å². The molecule has 2 N–H and O–H groups in total. The molecular weight excluding hydrogens is 568 g/mol. The maximum atomic E-state index is 14.5. The highest BCUT2D eigenvalue weighted by Gasteiger charge is 2.68. The molecule has 2 aromatic carbocycles. The van der Waals surface area contributed by atoms with Crippen LogP contribution in [0, 0.1) is 29.1 Å². The molecule has 11 heteroatoms. The van der Waals surface area contributed by atoms with Crippen molar-refractivity contribution in [1.29, 1.82) is 0 Å². The number of hydrogen-bond acceptors (Lipinski definition) is 8. The molecule has 2 saturated heterocycles. The Labute approximate surface area is 254 Å². The van der Waals surface area contributed by atoms with E-state index in [4.69, 9.17) is 14.6 Å². The third kappa shape index (κ3) is 4.20. The summed E-state index contributed by atoms with van der Waals surface area (Å²) in [5, 5.41) is 19.5. The standard InChI is InChI=1S/C33H34N2O9/c1-33-22(30(40)35(32(33)42)17-8-5-4-6-9-17)16-21-19(28(33)27-23(43-2)14-18(36)15-24(27)44-3)11-12-20-26(21)31(41)34(29(20)39)13-7-10-25(37)38/h4-6,8-9,11,14-15,20-22,26,28,36H,7,10,12-13,16H2,1-3H3,(H,37,38). The number of carbonyl (C=O) groups excluding carboxylic acids is 4. The van der Waals surface area contributed by atoms with E-state index in [0.29, 0.717) is 11.3 Å². The number of benzene rings is 2. The van der Waals surface area contributed by atoms with E-state index in [0.717, 1.165) is 10.5 Å². The van der Waals surface area contributed by atoms with E-state index in [1.165, 1.54) is 31.3 Å². The number of hydrogen-bond donors (Lipinski definition) is 2. The third-order valence-corrected chi connectivity index (χ3v) is 9.97. The first-order valence-electron chi connectivity index (χ1n) is 14.7. The summed E-state index contributed by atoms with van der Waals surface area (Å²) in [7, 11) is 2.88. The van der Waals surface area contributed by atoms with E-state index < -0.39 is 46.9 Å². The molecule has 4 aliphatic rings. The molecule has 230 valence electrons. The van der Waals surface area contributed by atoms with Gasteiger partial charge in [0.2, 0.25) is 23.6 Å². The van der Waals surface area contributed by atoms with Crippen molar-refractivity contribution >= 4 is 35.3 Å². The highest BCUT2D eigenvalue weighted by Crippen LogP contribution is 2.65. The lowest BCUT2D eigenvalue weighted by Gasteiger charge is -2.49. The first-order valence-corrected chi connectivity index (χ1v) is 14.7. The number of aromatic hydroxyl groups is 1. The van der Waals surface area contributed by atoms with Gasteiger partial charge >= 0.3 is 5.97 Å². The molecule has 2 heterocycles. The molecule has 4 amide bonds. The largest absolute Gasteiger partial charge is 0.508 e. The second-order valence-corrected chi connectivity index (χ2v) is 12.1. The predicted octanol–water partition coefficient (Wildman–Crippen LogP) is 3.50. The molecule has 44 heavy (non-hydrogen) atoms. The van der Waals surface area contributed by atoms with Gasteiger partial charge in [0.05, 0.1) is 43.1 Å². The maximum absolute atomic E-state index is 14.5. The quantitative estimate of drug-likeness (QED) is 0.342. The van der Waals surface area contributed by atoms with Gasteiger partial charge in [0.25, 0.3) is 0 Å². The Kier molecular flexibility index (Phi) is 7.22. The van der Waals surface area contributed by atoms with Gasteiger partial charge in [-0.15, -0.1) is 0 Å². The Balaban J connectivity index is 1.51. The zero-order valence-electron chi connectivity index (χ0n) is 24.7. The monoisotopic (exact) mass is 602 g/mol. The van der Waals surface area contributed by atoms with Crippen LogP contribution in [0.5, 0.6) is 17.2 Å². The number of phenolic OH excluding ortho intramolecular Hbond substituents is 1. The van der Waals surface area contributed by atoms with E-state index in [9.17, 15) is 29.1 Å². The van der Waals surface area contributed by atoms with E-state index in [-0.39, 0.29) is 67.2 Å². The van der Waals surface area contributed by atoms with E-state index in [2.05, 4.69) is 0 Å². The number of amides is 4. The Bertz CT molecular complexity index is 1580. The van der Waals surface area contributed by atoms with Crippen LogP contribution in [0.15, 0.2) is 54.1 Å². The first kappa shape index (κ1) is 29.4. The van der Waals surface area contributed by atoms with Crippen LogP contribution >= 0.6 is 0 Å². The molecule has 1 saturated carbocycles. The highest BCUT2D eigenvalue weighted by atomic mass is 16.5. The summed E-state index contributed by atoms with van der Waals surface area (Å²) in [6.07, 6.45) is 2.31. The molecule has 0 radical (unpaired) electrons. The van der Waals surface area contributed by atoms with Gasteiger partial charge in [-0.05, 0) is 44.2 Å². The van der Waals surface area contributed by atoms with Gasteiger partial charge in [0.1, 0.15) is 17.2 Å². The minimum atomic E-state index is -1.31. The van der Waals surface area contributed by atoms with Gasteiger partial charge in [0.15, 0.2) is 0 Å². The van der Waals surface area contributed by atoms with Crippen LogP contribution in [-0.4, -0.2) is 65.5 Å². The van der Waals surface area contributed by atoms with Crippen molar-refractivity contribution in [3.63, 3.8) is 0 Å². The first-order chi connectivity index (χ1) is 21.0. The van der Waals surface area contributed by atoms with Crippen molar-refractivity contribution in [2.24, 2.45) is 29.1 Å². The second-order valence-electron chi connectivity index (χ2n) is 12.1. The van der Waals surface area contributed by atoms with Crippen LogP contribution in [0.25, 0.3) is 0 Å². The maximum Gasteiger partial charge on any atom is 0.303 e. The number of carbonyl (C=O) groups is 5. The molecule has 11 nitrogen and oxygen atoms in total. The molecule has 6 rings (SSSR count). The molecular formula is C33H34N2O9. The minimum absolute atomic E-state index is 0.00238. The van der Waals surface area contributed by atoms with E-state index in [1.54, 1.807) is 37.3 Å². The Morgan fingerprint density at radius 1 is 0.977 bits per heavy atom. The van der Waals surface area contributed by atoms with Gasteiger partial charge in [-0.3, -0.25) is 28.9 Å². The molecule has 2 aliphatic carbocycles. The number of nitrogens with zero attached hydrogens (tertiary/aromatic N) is 2. The summed E-state index contributed by atoms with van der Waals surface area (Å²) < 4.78 is 11.4. The molecule has 0 aromatic heterocycles. The van der Waals surface area contributed by atoms with Crippen molar-refractivity contribution in [3.8, 4) is 17.2 Å². The van der Waals surface area contributed by atoms with Gasteiger partial charge in [-0.1, -0.05) is 29.8 Å². The fourth-order valence-corrected chi connectivity index (χ4v) is 8.03. The van der Waals surface area contributed by atoms with Gasteiger partial charge in [0, 0.05) is 36.6 Å². The van der Waals surface area contributed by atoms with Crippen molar-refractivity contribution in [1.82, 2.24) is 4.90 Å². The van der Waals surface area contributed by atoms with Crippen LogP contribution in [0.3, 0.4) is 0 Å². The number of fused-ring (bicyclic) bond motifs is 4. The van der Waals surface area contributed by atoms with Crippen molar-refractivity contribution in [2.75, 3.05) is 25.7 Å². The number of aliphatic carboxylic acids is 1. The normalized spacial score (nSPS) is 29.2. The number of rotatable bonds is 8. The lowest BCUT2D eigenvalue weighted by molar-refractivity contribution is -0.142. The number of ether oxygens (including phenoxy) is 2. The molecule has 0 bridgehead atoms. The average Bonchev–Trinajstić information content (AvgIpc) is 3.36. The number of phenols is 1. The topological polar surface area (TPSA) is 151 Å². The Hall–Kier alpha value is -4.67. The van der Waals surface area contributed by atoms with Crippen molar-refractivity contribution in [3.05, 3.63) is 59.7 Å². The number of likely N-dealkylation sites (tertiary alicyclic amines) is 1. The van der Waals surface area contributed by atoms with Gasteiger partial charge in [-0.2, -0.15) is 0 Å². The summed E-state index contributed by atoms with van der Waals surface area (Å²) in [5.74, 6) is -5.69. The number of para-hydroxylation sites is 1. The summed E-state index contributed by atoms with van der Waals surface area (Å²) >= 11 is 0. The lowest BCUT2D eigenvalue weighted by atomic mass is 9.51. The predicted molar refractivity (Wildman–Crippen MR) is 156 cm³/mol. The molecule has 0 spiro atoms. The van der Waals surface area contributed by atoms with Crippen LogP contribution < -0.4 is 14.4 Å². The molecule has 6 atom stereocenters. The summed E-state index contributed by atoms with van der Waals surface area (Å²) in [6.45, 7) is 1.77. The molecule has 2 aliphatic heterocycles. The zero-order chi connectivity index (χ0) is 31.5. The molecule has 3 fully saturated rings. The number of allylic oxidation sites excluding steroid dienone is 2. The zero-order valence-corrected chi connectivity index (χ0v) is 24.7. The summed E-state index contributed by atoms with van der Waals surface area (Å²) in [5.41, 5.74) is 0.345. The molecule has 6 unspecified atom stereocenters. The summed E-state index contributed by atoms with van der Waals surface area (Å²) in [6, 6.07) is 11.5. The number of imide groups is 2. The van der Waals surface area contributed by atoms with Crippen LogP contribution in [0.1, 0.15) is 44.1 Å². The van der Waals surface area contributed by atoms with E-state index >= 15 is 0 Å². The molecule has 2 aromatic rings. The SMILES string of the molecule is COc1cc(O)cc(OC)c1C1C2=CCC3C(=O)N(CCCC(=O)O)C(=O)C3C2CC2C(=O)N(c3ccccc3)C(=O)C21C. The van der Waals surface area contributed by atoms with Crippen molar-refractivity contribution < 1.29 is 43.7 Å². The number of anilines is 1. The third-order valence-electron chi connectivity index (χ3n) is 9.97. The number of methoxy groups -OCH3 is 2. The second kappa shape index (κ2) is 10.8. The Morgan fingerprint density at radius 3 is 2.25 bits per heavy atom. The van der Waals surface area contributed by atoms with Crippen LogP contribution in [0.4, 0.5) is 5.69 Å². The van der Waals surface area contributed by atoms with Gasteiger partial charge in [-0.25, -0.2) is 4.90 Å². The average molecular weight is 603 g/mol. The Morgan fingerprint density at radius 2 is 1.64 bits per heavy atom. The highest BCUT2D eigenvalue weighted by molar-refractivity contribution is 6.24. The summed E-state index contributed by atoms with van der Waals surface area (Å²) in [4.78, 5) is 69.6. The van der Waals surface area contributed by atoms with Crippen LogP contribution in [0.2, 0.25) is 0 Å². The van der Waals surface area contributed by atoms with Crippen LogP contribution in [-0.2, 0) is 24.0 Å². The van der Waals surface area contributed by atoms with Gasteiger partial charge < -0.3 is 19.7 Å². The van der Waals surface area contributed by atoms with Crippen molar-refractivity contribution in [2.45, 2.75) is 38.5 Å². The lowest BCUT2D eigenvalue weighted by Crippen LogP contribution is -2.49. The number of carboxylic acid groups (broad SMARTS) is 1. The fourth-order valence-electron chi connectivity index (χ4n) is 8.03. The number of carboxylic acids is 1.